The number of hydrogen-bond donors (Lipinski definition) is 1. The van der Waals surface area contributed by atoms with Crippen molar-refractivity contribution in [2.24, 2.45) is 17.3 Å². The highest BCUT2D eigenvalue weighted by atomic mass is 16.8. The molecule has 2 saturated heterocycles. The van der Waals surface area contributed by atoms with E-state index in [0.29, 0.717) is 37.9 Å². The van der Waals surface area contributed by atoms with Gasteiger partial charge in [-0.15, -0.1) is 0 Å². The minimum atomic E-state index is -1.19. The van der Waals surface area contributed by atoms with Gasteiger partial charge in [0.05, 0.1) is 24.2 Å². The Balaban J connectivity index is 1.89. The van der Waals surface area contributed by atoms with Gasteiger partial charge in [-0.2, -0.15) is 0 Å². The first-order chi connectivity index (χ1) is 14.5. The zero-order chi connectivity index (χ0) is 22.7. The van der Waals surface area contributed by atoms with Crippen molar-refractivity contribution in [2.45, 2.75) is 90.3 Å². The minimum Gasteiger partial charge on any atom is -0.450 e. The van der Waals surface area contributed by atoms with Crippen LogP contribution in [-0.4, -0.2) is 59.6 Å². The molecule has 1 unspecified atom stereocenters. The van der Waals surface area contributed by atoms with Crippen LogP contribution in [0.15, 0.2) is 11.1 Å². The summed E-state index contributed by atoms with van der Waals surface area (Å²) in [7, 11) is 0. The number of ether oxygens (including phenoxy) is 4. The average Bonchev–Trinajstić information content (AvgIpc) is 2.94. The molecule has 2 heterocycles. The largest absolute Gasteiger partial charge is 0.509 e. The van der Waals surface area contributed by atoms with Gasteiger partial charge < -0.3 is 24.1 Å². The van der Waals surface area contributed by atoms with Gasteiger partial charge in [0.25, 0.3) is 0 Å². The number of carbonyl (C=O) groups is 3. The summed E-state index contributed by atoms with van der Waals surface area (Å²) in [5, 5.41) is 11.2. The van der Waals surface area contributed by atoms with Gasteiger partial charge in [-0.1, -0.05) is 12.5 Å². The first kappa shape index (κ1) is 22.3. The van der Waals surface area contributed by atoms with E-state index in [4.69, 9.17) is 18.9 Å². The van der Waals surface area contributed by atoms with E-state index in [1.54, 1.807) is 6.92 Å². The van der Waals surface area contributed by atoms with E-state index in [0.717, 1.165) is 5.57 Å². The molecule has 1 saturated carbocycles. The van der Waals surface area contributed by atoms with Crippen LogP contribution in [0, 0.1) is 17.3 Å². The summed E-state index contributed by atoms with van der Waals surface area (Å²) in [6.45, 7) is 9.13. The molecule has 3 fully saturated rings. The Kier molecular flexibility index (Phi) is 5.45. The first-order valence-electron chi connectivity index (χ1n) is 11.1. The van der Waals surface area contributed by atoms with Gasteiger partial charge in [-0.25, -0.2) is 4.79 Å². The second-order valence-corrected chi connectivity index (χ2v) is 9.87. The summed E-state index contributed by atoms with van der Waals surface area (Å²) in [6, 6.07) is 0. The summed E-state index contributed by atoms with van der Waals surface area (Å²) in [5.74, 6) is -1.13. The van der Waals surface area contributed by atoms with E-state index in [1.807, 2.05) is 20.8 Å². The van der Waals surface area contributed by atoms with Gasteiger partial charge >= 0.3 is 12.1 Å². The normalized spacial score (nSPS) is 47.2. The molecule has 0 aromatic carbocycles. The van der Waals surface area contributed by atoms with Crippen molar-refractivity contribution in [1.82, 2.24) is 0 Å². The average molecular weight is 437 g/mol. The van der Waals surface area contributed by atoms with Crippen molar-refractivity contribution in [1.29, 1.82) is 0 Å². The fourth-order valence-corrected chi connectivity index (χ4v) is 6.07. The molecule has 0 aromatic heterocycles. The Morgan fingerprint density at radius 1 is 1.29 bits per heavy atom. The first-order valence-corrected chi connectivity index (χ1v) is 11.1. The summed E-state index contributed by atoms with van der Waals surface area (Å²) < 4.78 is 22.5. The van der Waals surface area contributed by atoms with Crippen molar-refractivity contribution >= 4 is 17.9 Å². The highest BCUT2D eigenvalue weighted by molar-refractivity contribution is 5.94. The van der Waals surface area contributed by atoms with Gasteiger partial charge in [-0.3, -0.25) is 9.59 Å². The van der Waals surface area contributed by atoms with Crippen LogP contribution < -0.4 is 0 Å². The van der Waals surface area contributed by atoms with E-state index in [2.05, 4.69) is 0 Å². The van der Waals surface area contributed by atoms with Crippen LogP contribution in [-0.2, 0) is 28.5 Å². The number of carbonyl (C=O) groups excluding carboxylic acids is 3. The van der Waals surface area contributed by atoms with Gasteiger partial charge in [0, 0.05) is 25.7 Å². The molecule has 2 aliphatic carbocycles. The van der Waals surface area contributed by atoms with Gasteiger partial charge in [0.15, 0.2) is 17.5 Å². The lowest BCUT2D eigenvalue weighted by Crippen LogP contribution is -2.65. The second kappa shape index (κ2) is 7.59. The number of aliphatic hydroxyl groups is 1. The molecule has 172 valence electrons. The lowest BCUT2D eigenvalue weighted by Gasteiger charge is -2.57. The van der Waals surface area contributed by atoms with E-state index >= 15 is 0 Å². The van der Waals surface area contributed by atoms with Crippen LogP contribution in [0.25, 0.3) is 0 Å². The quantitative estimate of drug-likeness (QED) is 0.520. The fraction of sp³-hybridized carbons (Fsp3) is 0.783. The van der Waals surface area contributed by atoms with Crippen molar-refractivity contribution in [3.63, 3.8) is 0 Å². The SMILES string of the molecule is CC/C1=C(/C)C[C@@H]2OC(=O)O[C@@]2(C)CC2[C@@H]3CO[C@@H]3C[C@H](O)[C@@]2(C)C(=O)[C@@H]1OC(C)=O. The van der Waals surface area contributed by atoms with E-state index in [9.17, 15) is 19.5 Å². The smallest absolute Gasteiger partial charge is 0.450 e. The zero-order valence-electron chi connectivity index (χ0n) is 18.8. The predicted molar refractivity (Wildman–Crippen MR) is 108 cm³/mol. The molecule has 8 atom stereocenters. The Bertz CT molecular complexity index is 833. The standard InChI is InChI=1S/C23H32O8/c1-6-13-11(2)7-18-22(4,31-21(27)30-18)9-15-14-10-28-16(14)8-17(25)23(15,5)20(26)19(13)29-12(3)24/h14-19,25H,6-10H2,1-5H3/b13-11+/t14-,15?,16+,17-,18-,19+,22-,23-/m0/s1. The maximum atomic E-state index is 14.1. The third kappa shape index (κ3) is 3.39. The monoisotopic (exact) mass is 436 g/mol. The summed E-state index contributed by atoms with van der Waals surface area (Å²) in [6.07, 6.45) is -1.88. The van der Waals surface area contributed by atoms with Crippen molar-refractivity contribution in [3.05, 3.63) is 11.1 Å². The Morgan fingerprint density at radius 3 is 2.58 bits per heavy atom. The molecule has 0 amide bonds. The second-order valence-electron chi connectivity index (χ2n) is 9.87. The highest BCUT2D eigenvalue weighted by Crippen LogP contribution is 2.55. The Hall–Kier alpha value is -1.93. The van der Waals surface area contributed by atoms with Gasteiger partial charge in [0.1, 0.15) is 6.10 Å². The van der Waals surface area contributed by atoms with Crippen molar-refractivity contribution < 1.29 is 38.4 Å². The van der Waals surface area contributed by atoms with Crippen molar-refractivity contribution in [3.8, 4) is 0 Å². The third-order valence-electron chi connectivity index (χ3n) is 8.07. The Labute approximate surface area is 182 Å². The van der Waals surface area contributed by atoms with E-state index in [-0.39, 0.29) is 23.7 Å². The van der Waals surface area contributed by atoms with Crippen LogP contribution in [0.3, 0.4) is 0 Å². The summed E-state index contributed by atoms with van der Waals surface area (Å²) >= 11 is 0. The molecule has 8 heteroatoms. The predicted octanol–water partition coefficient (Wildman–Crippen LogP) is 2.70. The molecule has 1 N–H and O–H groups in total. The van der Waals surface area contributed by atoms with E-state index < -0.39 is 41.5 Å². The Morgan fingerprint density at radius 2 is 2.00 bits per heavy atom. The van der Waals surface area contributed by atoms with Crippen molar-refractivity contribution in [2.75, 3.05) is 6.61 Å². The van der Waals surface area contributed by atoms with Crippen LogP contribution in [0.2, 0.25) is 0 Å². The topological polar surface area (TPSA) is 108 Å². The van der Waals surface area contributed by atoms with Crippen LogP contribution in [0.1, 0.15) is 60.3 Å². The molecule has 0 bridgehead atoms. The number of rotatable bonds is 2. The number of aliphatic hydroxyl groups excluding tert-OH is 1. The number of Topliss-reactive ketones (excluding diaryl/α,β-unsaturated/α-hetero) is 1. The fourth-order valence-electron chi connectivity index (χ4n) is 6.07. The molecule has 2 aliphatic heterocycles. The zero-order valence-corrected chi connectivity index (χ0v) is 18.8. The number of fused-ring (bicyclic) bond motifs is 4. The molecule has 0 aromatic rings. The van der Waals surface area contributed by atoms with Crippen LogP contribution in [0.5, 0.6) is 0 Å². The molecule has 0 radical (unpaired) electrons. The minimum absolute atomic E-state index is 0.0432. The number of hydrogen-bond acceptors (Lipinski definition) is 8. The number of ketones is 1. The maximum Gasteiger partial charge on any atom is 0.509 e. The van der Waals surface area contributed by atoms with Crippen LogP contribution in [0.4, 0.5) is 4.79 Å². The van der Waals surface area contributed by atoms with Gasteiger partial charge in [0.2, 0.25) is 0 Å². The maximum absolute atomic E-state index is 14.1. The molecule has 0 spiro atoms. The highest BCUT2D eigenvalue weighted by Gasteiger charge is 2.64. The van der Waals surface area contributed by atoms with Gasteiger partial charge in [-0.05, 0) is 45.1 Å². The molecule has 31 heavy (non-hydrogen) atoms. The molecule has 8 nitrogen and oxygen atoms in total. The lowest BCUT2D eigenvalue weighted by molar-refractivity contribution is -0.232. The summed E-state index contributed by atoms with van der Waals surface area (Å²) in [4.78, 5) is 38.2. The van der Waals surface area contributed by atoms with Crippen LogP contribution >= 0.6 is 0 Å². The number of esters is 1. The molecular weight excluding hydrogens is 404 g/mol. The summed E-state index contributed by atoms with van der Waals surface area (Å²) in [5.41, 5.74) is -0.610. The molecular formula is C23H32O8. The third-order valence-corrected chi connectivity index (χ3v) is 8.07. The molecule has 4 aliphatic rings. The lowest BCUT2D eigenvalue weighted by atomic mass is 9.53. The molecule has 4 rings (SSSR count). The van der Waals surface area contributed by atoms with E-state index in [1.165, 1.54) is 6.92 Å².